The number of sulfone groups is 1. The van der Waals surface area contributed by atoms with Gasteiger partial charge in [-0.05, 0) is 18.6 Å². The van der Waals surface area contributed by atoms with E-state index < -0.39 is 21.4 Å². The molecule has 0 bridgehead atoms. The second-order valence-corrected chi connectivity index (χ2v) is 8.65. The fourth-order valence-corrected chi connectivity index (χ4v) is 4.70. The van der Waals surface area contributed by atoms with Crippen molar-refractivity contribution in [2.24, 2.45) is 0 Å². The Kier molecular flexibility index (Phi) is 6.14. The molecule has 0 radical (unpaired) electrons. The van der Waals surface area contributed by atoms with Crippen LogP contribution in [0.4, 0.5) is 4.39 Å². The van der Waals surface area contributed by atoms with Gasteiger partial charge in [0.05, 0.1) is 10.6 Å². The first kappa shape index (κ1) is 20.1. The van der Waals surface area contributed by atoms with Gasteiger partial charge in [0, 0.05) is 29.2 Å². The first-order valence-corrected chi connectivity index (χ1v) is 10.9. The number of fused-ring (bicyclic) bond motifs is 1. The van der Waals surface area contributed by atoms with E-state index in [2.05, 4.69) is 5.32 Å². The molecule has 148 valence electrons. The number of nitrogens with one attached hydrogen (secondary N) is 1. The molecule has 3 rings (SSSR count). The minimum Gasteiger partial charge on any atom is -0.355 e. The van der Waals surface area contributed by atoms with Gasteiger partial charge in [-0.25, -0.2) is 12.8 Å². The molecular weight excluding hydrogens is 379 g/mol. The maximum absolute atomic E-state index is 14.0. The lowest BCUT2D eigenvalue weighted by Crippen LogP contribution is -2.28. The Morgan fingerprint density at radius 2 is 1.82 bits per heavy atom. The molecule has 1 amide bonds. The van der Waals surface area contributed by atoms with E-state index >= 15 is 0 Å². The van der Waals surface area contributed by atoms with Gasteiger partial charge in [0.2, 0.25) is 5.91 Å². The lowest BCUT2D eigenvalue weighted by molar-refractivity contribution is -0.121. The summed E-state index contributed by atoms with van der Waals surface area (Å²) in [6, 6.07) is 12.9. The molecule has 1 aromatic heterocycles. The van der Waals surface area contributed by atoms with Crippen molar-refractivity contribution in [2.75, 3.05) is 6.54 Å². The van der Waals surface area contributed by atoms with E-state index in [1.165, 1.54) is 24.4 Å². The first-order valence-electron chi connectivity index (χ1n) is 9.23. The number of para-hydroxylation sites is 1. The number of nitrogens with zero attached hydrogens (tertiary/aromatic N) is 1. The number of unbranched alkanes of at least 4 members (excludes halogenated alkanes) is 1. The van der Waals surface area contributed by atoms with Crippen LogP contribution in [0.25, 0.3) is 10.9 Å². The summed E-state index contributed by atoms with van der Waals surface area (Å²) in [7, 11) is -3.79. The predicted molar refractivity (Wildman–Crippen MR) is 107 cm³/mol. The number of hydrogen-bond donors (Lipinski definition) is 1. The van der Waals surface area contributed by atoms with E-state index in [4.69, 9.17) is 0 Å². The van der Waals surface area contributed by atoms with Crippen LogP contribution >= 0.6 is 0 Å². The van der Waals surface area contributed by atoms with Gasteiger partial charge in [-0.1, -0.05) is 49.7 Å². The normalized spacial score (nSPS) is 11.6. The lowest BCUT2D eigenvalue weighted by Gasteiger charge is -2.06. The zero-order valence-electron chi connectivity index (χ0n) is 15.7. The van der Waals surface area contributed by atoms with Gasteiger partial charge in [-0.3, -0.25) is 4.79 Å². The van der Waals surface area contributed by atoms with Crippen molar-refractivity contribution in [3.8, 4) is 0 Å². The molecule has 0 unspecified atom stereocenters. The second kappa shape index (κ2) is 8.56. The number of benzene rings is 2. The molecule has 0 aliphatic carbocycles. The predicted octanol–water partition coefficient (Wildman–Crippen LogP) is 3.67. The molecule has 1 N–H and O–H groups in total. The van der Waals surface area contributed by atoms with Crippen LogP contribution in [0.2, 0.25) is 0 Å². The number of carbonyl (C=O) groups excluding carboxylic acids is 1. The third-order valence-corrected chi connectivity index (χ3v) is 6.24. The van der Waals surface area contributed by atoms with Gasteiger partial charge in [-0.15, -0.1) is 0 Å². The molecular formula is C21H23FN2O3S. The number of halogens is 1. The number of aromatic nitrogens is 1. The molecule has 28 heavy (non-hydrogen) atoms. The molecule has 5 nitrogen and oxygen atoms in total. The molecule has 0 fully saturated rings. The van der Waals surface area contributed by atoms with E-state index in [0.29, 0.717) is 17.4 Å². The molecule has 0 saturated carbocycles. The zero-order valence-corrected chi connectivity index (χ0v) is 16.5. The third kappa shape index (κ3) is 4.42. The molecule has 0 atom stereocenters. The highest BCUT2D eigenvalue weighted by Crippen LogP contribution is 2.28. The highest BCUT2D eigenvalue weighted by atomic mass is 32.2. The summed E-state index contributed by atoms with van der Waals surface area (Å²) < 4.78 is 41.6. The van der Waals surface area contributed by atoms with Gasteiger partial charge in [0.25, 0.3) is 0 Å². The average Bonchev–Trinajstić information content (AvgIpc) is 3.03. The zero-order chi connectivity index (χ0) is 20.1. The van der Waals surface area contributed by atoms with Crippen molar-refractivity contribution in [2.45, 2.75) is 37.0 Å². The van der Waals surface area contributed by atoms with E-state index in [-0.39, 0.29) is 22.9 Å². The van der Waals surface area contributed by atoms with Crippen LogP contribution in [0.5, 0.6) is 0 Å². The van der Waals surface area contributed by atoms with Gasteiger partial charge in [-0.2, -0.15) is 0 Å². The topological polar surface area (TPSA) is 68.2 Å². The summed E-state index contributed by atoms with van der Waals surface area (Å²) in [6.45, 7) is 2.66. The summed E-state index contributed by atoms with van der Waals surface area (Å²) in [5, 5.41) is 3.36. The van der Waals surface area contributed by atoms with Gasteiger partial charge in [0.1, 0.15) is 12.4 Å². The average molecular weight is 402 g/mol. The summed E-state index contributed by atoms with van der Waals surface area (Å²) in [5.41, 5.74) is 0.775. The van der Waals surface area contributed by atoms with Crippen molar-refractivity contribution >= 4 is 26.6 Å². The van der Waals surface area contributed by atoms with Gasteiger partial charge in [0.15, 0.2) is 9.84 Å². The first-order chi connectivity index (χ1) is 13.4. The Balaban J connectivity index is 1.93. The largest absolute Gasteiger partial charge is 0.355 e. The minimum absolute atomic E-state index is 0.0272. The quantitative estimate of drug-likeness (QED) is 0.585. The number of amides is 1. The van der Waals surface area contributed by atoms with Crippen LogP contribution in [-0.2, 0) is 26.9 Å². The fourth-order valence-electron chi connectivity index (χ4n) is 3.10. The number of rotatable bonds is 8. The van der Waals surface area contributed by atoms with Crippen molar-refractivity contribution in [3.05, 3.63) is 66.1 Å². The Morgan fingerprint density at radius 1 is 1.11 bits per heavy atom. The smallest absolute Gasteiger partial charge is 0.239 e. The summed E-state index contributed by atoms with van der Waals surface area (Å²) in [5.74, 6) is -1.16. The van der Waals surface area contributed by atoms with Crippen molar-refractivity contribution in [1.82, 2.24) is 9.88 Å². The molecule has 1 heterocycles. The summed E-state index contributed by atoms with van der Waals surface area (Å²) >= 11 is 0. The van der Waals surface area contributed by atoms with Crippen molar-refractivity contribution in [3.63, 3.8) is 0 Å². The molecule has 7 heteroatoms. The minimum atomic E-state index is -3.79. The Hall–Kier alpha value is -2.67. The molecule has 0 spiro atoms. The Morgan fingerprint density at radius 3 is 2.57 bits per heavy atom. The maximum Gasteiger partial charge on any atom is 0.239 e. The Labute approximate surface area is 164 Å². The van der Waals surface area contributed by atoms with Crippen LogP contribution in [0.1, 0.15) is 25.3 Å². The highest BCUT2D eigenvalue weighted by molar-refractivity contribution is 7.90. The van der Waals surface area contributed by atoms with Crippen LogP contribution in [0.15, 0.2) is 59.6 Å². The van der Waals surface area contributed by atoms with E-state index in [0.717, 1.165) is 12.8 Å². The van der Waals surface area contributed by atoms with Crippen LogP contribution in [0.3, 0.4) is 0 Å². The van der Waals surface area contributed by atoms with Gasteiger partial charge >= 0.3 is 0 Å². The van der Waals surface area contributed by atoms with Crippen LogP contribution in [-0.4, -0.2) is 25.4 Å². The van der Waals surface area contributed by atoms with Crippen molar-refractivity contribution in [1.29, 1.82) is 0 Å². The summed E-state index contributed by atoms with van der Waals surface area (Å²) in [4.78, 5) is 12.3. The maximum atomic E-state index is 14.0. The fraction of sp³-hybridized carbons (Fsp3) is 0.286. The molecule has 0 saturated heterocycles. The second-order valence-electron chi connectivity index (χ2n) is 6.69. The highest BCUT2D eigenvalue weighted by Gasteiger charge is 2.23. The monoisotopic (exact) mass is 402 g/mol. The van der Waals surface area contributed by atoms with Crippen LogP contribution < -0.4 is 5.32 Å². The molecule has 3 aromatic rings. The van der Waals surface area contributed by atoms with Gasteiger partial charge < -0.3 is 9.88 Å². The third-order valence-electron chi connectivity index (χ3n) is 4.56. The number of hydrogen-bond acceptors (Lipinski definition) is 3. The Bertz CT molecular complexity index is 1090. The van der Waals surface area contributed by atoms with E-state index in [1.54, 1.807) is 34.9 Å². The van der Waals surface area contributed by atoms with E-state index in [1.807, 2.05) is 6.92 Å². The van der Waals surface area contributed by atoms with Crippen molar-refractivity contribution < 1.29 is 17.6 Å². The molecule has 2 aromatic carbocycles. The molecule has 0 aliphatic rings. The molecule has 0 aliphatic heterocycles. The number of carbonyl (C=O) groups is 1. The SMILES string of the molecule is CCCCNC(=O)Cn1cc(S(=O)(=O)Cc2ccccc2F)c2ccccc21. The lowest BCUT2D eigenvalue weighted by atomic mass is 10.2. The van der Waals surface area contributed by atoms with Crippen LogP contribution in [0, 0.1) is 5.82 Å². The van der Waals surface area contributed by atoms with E-state index in [9.17, 15) is 17.6 Å². The standard InChI is InChI=1S/C21H23FN2O3S/c1-2-3-12-23-21(25)14-24-13-20(17-9-5-7-11-19(17)24)28(26,27)15-16-8-4-6-10-18(16)22/h4-11,13H,2-3,12,14-15H2,1H3,(H,23,25). The summed E-state index contributed by atoms with van der Waals surface area (Å²) in [6.07, 6.45) is 3.34.